The molecule has 9 aromatic carbocycles. The molecule has 11 rings (SSSR count). The highest BCUT2D eigenvalue weighted by atomic mass is 32.1. The molecule has 0 aliphatic rings. The molecule has 3 heteroatoms. The van der Waals surface area contributed by atoms with Gasteiger partial charge in [0.05, 0.1) is 0 Å². The van der Waals surface area contributed by atoms with Crippen molar-refractivity contribution >= 4 is 81.3 Å². The fourth-order valence-electron chi connectivity index (χ4n) is 8.08. The molecule has 0 atom stereocenters. The molecule has 0 N–H and O–H groups in total. The van der Waals surface area contributed by atoms with Gasteiger partial charge in [0, 0.05) is 48.0 Å². The number of thiophene rings is 1. The van der Waals surface area contributed by atoms with Gasteiger partial charge < -0.3 is 9.32 Å². The lowest BCUT2D eigenvalue weighted by Crippen LogP contribution is -2.10. The highest BCUT2D eigenvalue weighted by Crippen LogP contribution is 2.41. The number of nitrogens with zero attached hydrogens (tertiary/aromatic N) is 1. The second-order valence-electron chi connectivity index (χ2n) is 14.2. The van der Waals surface area contributed by atoms with Crippen LogP contribution < -0.4 is 4.90 Å². The molecule has 258 valence electrons. The Morgan fingerprint density at radius 2 is 0.873 bits per heavy atom. The summed E-state index contributed by atoms with van der Waals surface area (Å²) in [6.45, 7) is 0. The number of furan rings is 1. The minimum absolute atomic E-state index is 0.908. The standard InChI is InChI=1S/C52H33NOS/c1-2-10-36-29-39(20-19-34(36)9-1)37-11-7-13-43(30-37)53(42-25-21-35(22-26-42)40-23-27-50-47(32-40)45-15-3-5-17-49(45)54-50)44-14-8-12-38(31-44)41-24-28-52-48(33-41)46-16-4-6-18-51(46)55-52/h1-33H. The van der Waals surface area contributed by atoms with Crippen LogP contribution in [0.25, 0.3) is 86.3 Å². The first-order valence-corrected chi connectivity index (χ1v) is 19.5. The van der Waals surface area contributed by atoms with Crippen molar-refractivity contribution in [2.75, 3.05) is 4.90 Å². The average Bonchev–Trinajstić information content (AvgIpc) is 3.82. The van der Waals surface area contributed by atoms with Crippen LogP contribution in [-0.2, 0) is 0 Å². The van der Waals surface area contributed by atoms with E-state index in [2.05, 4.69) is 193 Å². The Bertz CT molecular complexity index is 3220. The number of anilines is 3. The lowest BCUT2D eigenvalue weighted by atomic mass is 9.99. The topological polar surface area (TPSA) is 16.4 Å². The molecular weight excluding hydrogens is 687 g/mol. The van der Waals surface area contributed by atoms with Crippen LogP contribution in [0.1, 0.15) is 0 Å². The summed E-state index contributed by atoms with van der Waals surface area (Å²) in [7, 11) is 0. The van der Waals surface area contributed by atoms with Gasteiger partial charge in [-0.1, -0.05) is 121 Å². The summed E-state index contributed by atoms with van der Waals surface area (Å²) in [5.41, 5.74) is 12.2. The molecule has 0 saturated heterocycles. The molecule has 0 fully saturated rings. The van der Waals surface area contributed by atoms with E-state index in [-0.39, 0.29) is 0 Å². The summed E-state index contributed by atoms with van der Waals surface area (Å²) in [5.74, 6) is 0. The van der Waals surface area contributed by atoms with E-state index in [1.807, 2.05) is 23.5 Å². The molecule has 0 spiro atoms. The summed E-state index contributed by atoms with van der Waals surface area (Å²) in [6, 6.07) is 72.4. The third-order valence-electron chi connectivity index (χ3n) is 10.8. The number of rotatable bonds is 6. The number of hydrogen-bond acceptors (Lipinski definition) is 3. The molecular formula is C52H33NOS. The fourth-order valence-corrected chi connectivity index (χ4v) is 9.17. The molecule has 2 aromatic heterocycles. The maximum atomic E-state index is 6.13. The predicted molar refractivity (Wildman–Crippen MR) is 235 cm³/mol. The molecule has 0 aliphatic carbocycles. The first-order chi connectivity index (χ1) is 27.2. The Kier molecular flexibility index (Phi) is 7.39. The minimum atomic E-state index is 0.908. The van der Waals surface area contributed by atoms with E-state index in [1.54, 1.807) is 0 Å². The van der Waals surface area contributed by atoms with E-state index >= 15 is 0 Å². The van der Waals surface area contributed by atoms with Gasteiger partial charge in [0.2, 0.25) is 0 Å². The first-order valence-electron chi connectivity index (χ1n) is 18.6. The van der Waals surface area contributed by atoms with Gasteiger partial charge in [0.1, 0.15) is 11.2 Å². The predicted octanol–water partition coefficient (Wildman–Crippen LogP) is 15.6. The third kappa shape index (κ3) is 5.56. The molecule has 0 bridgehead atoms. The maximum absolute atomic E-state index is 6.13. The van der Waals surface area contributed by atoms with Crippen molar-refractivity contribution in [3.05, 3.63) is 200 Å². The van der Waals surface area contributed by atoms with Crippen LogP contribution in [0.15, 0.2) is 205 Å². The van der Waals surface area contributed by atoms with E-state index in [0.29, 0.717) is 0 Å². The average molecular weight is 720 g/mol. The van der Waals surface area contributed by atoms with Gasteiger partial charge in [-0.3, -0.25) is 0 Å². The van der Waals surface area contributed by atoms with Crippen molar-refractivity contribution in [1.82, 2.24) is 0 Å². The number of benzene rings is 9. The summed E-state index contributed by atoms with van der Waals surface area (Å²) in [5, 5.41) is 7.38. The van der Waals surface area contributed by atoms with Crippen LogP contribution in [0.5, 0.6) is 0 Å². The van der Waals surface area contributed by atoms with E-state index in [4.69, 9.17) is 4.42 Å². The van der Waals surface area contributed by atoms with Gasteiger partial charge in [-0.05, 0) is 123 Å². The summed E-state index contributed by atoms with van der Waals surface area (Å²) >= 11 is 1.86. The number of fused-ring (bicyclic) bond motifs is 7. The molecule has 11 aromatic rings. The van der Waals surface area contributed by atoms with Gasteiger partial charge in [0.25, 0.3) is 0 Å². The first kappa shape index (κ1) is 31.6. The van der Waals surface area contributed by atoms with Crippen LogP contribution in [-0.4, -0.2) is 0 Å². The molecule has 0 radical (unpaired) electrons. The molecule has 0 aliphatic heterocycles. The lowest BCUT2D eigenvalue weighted by Gasteiger charge is -2.27. The summed E-state index contributed by atoms with van der Waals surface area (Å²) < 4.78 is 8.76. The van der Waals surface area contributed by atoms with Gasteiger partial charge >= 0.3 is 0 Å². The summed E-state index contributed by atoms with van der Waals surface area (Å²) in [4.78, 5) is 2.38. The number of para-hydroxylation sites is 1. The molecule has 2 nitrogen and oxygen atoms in total. The number of hydrogen-bond donors (Lipinski definition) is 0. The van der Waals surface area contributed by atoms with Gasteiger partial charge in [-0.25, -0.2) is 0 Å². The van der Waals surface area contributed by atoms with Gasteiger partial charge in [-0.2, -0.15) is 0 Å². The maximum Gasteiger partial charge on any atom is 0.135 e. The molecule has 2 heterocycles. The van der Waals surface area contributed by atoms with E-state index in [9.17, 15) is 0 Å². The van der Waals surface area contributed by atoms with E-state index in [0.717, 1.165) is 50.1 Å². The zero-order chi connectivity index (χ0) is 36.3. The van der Waals surface area contributed by atoms with E-state index in [1.165, 1.54) is 53.2 Å². The largest absolute Gasteiger partial charge is 0.456 e. The smallest absolute Gasteiger partial charge is 0.135 e. The van der Waals surface area contributed by atoms with Crippen molar-refractivity contribution < 1.29 is 4.42 Å². The normalized spacial score (nSPS) is 11.6. The van der Waals surface area contributed by atoms with E-state index < -0.39 is 0 Å². The van der Waals surface area contributed by atoms with Gasteiger partial charge in [0.15, 0.2) is 0 Å². The Balaban J connectivity index is 1.03. The van der Waals surface area contributed by atoms with Crippen molar-refractivity contribution in [3.8, 4) is 33.4 Å². The Morgan fingerprint density at radius 1 is 0.309 bits per heavy atom. The fraction of sp³-hybridized carbons (Fsp3) is 0. The third-order valence-corrected chi connectivity index (χ3v) is 12.0. The van der Waals surface area contributed by atoms with Crippen LogP contribution in [0, 0.1) is 0 Å². The zero-order valence-electron chi connectivity index (χ0n) is 29.8. The van der Waals surface area contributed by atoms with Crippen LogP contribution in [0.2, 0.25) is 0 Å². The van der Waals surface area contributed by atoms with Gasteiger partial charge in [-0.15, -0.1) is 11.3 Å². The molecule has 55 heavy (non-hydrogen) atoms. The minimum Gasteiger partial charge on any atom is -0.456 e. The highest BCUT2D eigenvalue weighted by molar-refractivity contribution is 7.25. The monoisotopic (exact) mass is 719 g/mol. The highest BCUT2D eigenvalue weighted by Gasteiger charge is 2.16. The lowest BCUT2D eigenvalue weighted by molar-refractivity contribution is 0.669. The Morgan fingerprint density at radius 3 is 1.69 bits per heavy atom. The van der Waals surface area contributed by atoms with Crippen LogP contribution >= 0.6 is 11.3 Å². The molecule has 0 amide bonds. The molecule has 0 unspecified atom stereocenters. The zero-order valence-corrected chi connectivity index (χ0v) is 30.6. The Hall–Kier alpha value is -6.94. The Labute approximate surface area is 322 Å². The van der Waals surface area contributed by atoms with Crippen LogP contribution in [0.4, 0.5) is 17.1 Å². The van der Waals surface area contributed by atoms with Crippen LogP contribution in [0.3, 0.4) is 0 Å². The summed E-state index contributed by atoms with van der Waals surface area (Å²) in [6.07, 6.45) is 0. The van der Waals surface area contributed by atoms with Crippen molar-refractivity contribution in [1.29, 1.82) is 0 Å². The quantitative estimate of drug-likeness (QED) is 0.170. The SMILES string of the molecule is c1cc(-c2ccc3ccccc3c2)cc(N(c2ccc(-c3ccc4oc5ccccc5c4c3)cc2)c2cccc(-c3ccc4sc5ccccc5c4c3)c2)c1. The molecule has 0 saturated carbocycles. The van der Waals surface area contributed by atoms with Crippen molar-refractivity contribution in [2.45, 2.75) is 0 Å². The van der Waals surface area contributed by atoms with Crippen molar-refractivity contribution in [3.63, 3.8) is 0 Å². The second-order valence-corrected chi connectivity index (χ2v) is 15.2. The second kappa shape index (κ2) is 12.9. The van der Waals surface area contributed by atoms with Crippen molar-refractivity contribution in [2.24, 2.45) is 0 Å².